The molecule has 1 aliphatic heterocycles. The Hall–Kier alpha value is -2.34. The maximum atomic E-state index is 12.8. The molecule has 27 heavy (non-hydrogen) atoms. The highest BCUT2D eigenvalue weighted by atomic mass is 16.4. The molecule has 2 unspecified atom stereocenters. The molecule has 1 aliphatic carbocycles. The number of nitrogens with one attached hydrogen (secondary N) is 1. The largest absolute Gasteiger partial charge is 0.481 e. The van der Waals surface area contributed by atoms with E-state index in [0.717, 1.165) is 29.6 Å². The van der Waals surface area contributed by atoms with Crippen LogP contribution in [0.4, 0.5) is 0 Å². The highest BCUT2D eigenvalue weighted by Crippen LogP contribution is 2.49. The Morgan fingerprint density at radius 1 is 1.33 bits per heavy atom. The number of amides is 1. The average Bonchev–Trinajstić information content (AvgIpc) is 3.32. The van der Waals surface area contributed by atoms with E-state index in [1.807, 2.05) is 49.1 Å². The van der Waals surface area contributed by atoms with Crippen LogP contribution in [0, 0.1) is 11.3 Å². The van der Waals surface area contributed by atoms with Crippen molar-refractivity contribution in [1.29, 1.82) is 0 Å². The van der Waals surface area contributed by atoms with Crippen LogP contribution in [0.3, 0.4) is 0 Å². The molecule has 6 heteroatoms. The lowest BCUT2D eigenvalue weighted by Crippen LogP contribution is -2.46. The number of carboxylic acids is 1. The van der Waals surface area contributed by atoms with Crippen LogP contribution < -0.4 is 5.32 Å². The zero-order valence-electron chi connectivity index (χ0n) is 15.8. The summed E-state index contributed by atoms with van der Waals surface area (Å²) in [7, 11) is 0. The molecule has 2 N–H and O–H groups in total. The number of rotatable bonds is 5. The van der Waals surface area contributed by atoms with Crippen molar-refractivity contribution >= 4 is 22.8 Å². The average molecular weight is 370 g/mol. The summed E-state index contributed by atoms with van der Waals surface area (Å²) in [5.41, 5.74) is 0.135. The lowest BCUT2D eigenvalue weighted by atomic mass is 9.81. The number of benzene rings is 1. The van der Waals surface area contributed by atoms with E-state index in [4.69, 9.17) is 4.42 Å². The number of fused-ring (bicyclic) bond motifs is 2. The van der Waals surface area contributed by atoms with Gasteiger partial charge in [0.15, 0.2) is 0 Å². The summed E-state index contributed by atoms with van der Waals surface area (Å²) in [6, 6.07) is 9.10. The van der Waals surface area contributed by atoms with E-state index < -0.39 is 11.4 Å². The van der Waals surface area contributed by atoms with Crippen LogP contribution in [0.5, 0.6) is 0 Å². The van der Waals surface area contributed by atoms with Crippen molar-refractivity contribution in [2.24, 2.45) is 11.3 Å². The van der Waals surface area contributed by atoms with Crippen LogP contribution in [-0.2, 0) is 9.59 Å². The van der Waals surface area contributed by atoms with Gasteiger partial charge in [0, 0.05) is 18.5 Å². The molecular formula is C21H26N2O4. The van der Waals surface area contributed by atoms with Gasteiger partial charge in [-0.2, -0.15) is 0 Å². The molecule has 0 spiro atoms. The summed E-state index contributed by atoms with van der Waals surface area (Å²) in [6.45, 7) is 4.90. The van der Waals surface area contributed by atoms with E-state index in [9.17, 15) is 14.7 Å². The molecule has 1 saturated carbocycles. The van der Waals surface area contributed by atoms with Crippen LogP contribution in [0.25, 0.3) is 11.0 Å². The highest BCUT2D eigenvalue weighted by molar-refractivity contribution is 5.83. The molecule has 1 aromatic carbocycles. The first kappa shape index (κ1) is 18.0. The number of hydrogen-bond acceptors (Lipinski definition) is 4. The summed E-state index contributed by atoms with van der Waals surface area (Å²) in [4.78, 5) is 26.7. The van der Waals surface area contributed by atoms with Gasteiger partial charge in [0.05, 0.1) is 17.5 Å². The number of carbonyl (C=O) groups is 2. The molecule has 1 saturated heterocycles. The second-order valence-corrected chi connectivity index (χ2v) is 8.07. The van der Waals surface area contributed by atoms with Crippen molar-refractivity contribution in [1.82, 2.24) is 10.2 Å². The smallest absolute Gasteiger partial charge is 0.311 e. The Kier molecular flexibility index (Phi) is 4.46. The van der Waals surface area contributed by atoms with Crippen molar-refractivity contribution in [2.45, 2.75) is 45.2 Å². The zero-order valence-corrected chi connectivity index (χ0v) is 15.8. The fourth-order valence-electron chi connectivity index (χ4n) is 4.76. The molecule has 2 fully saturated rings. The standard InChI is InChI=1S/C21H26N2O4/c1-13(18-10-15-6-3-4-8-17(15)27-18)22-19(24)14(2)23-11-16-7-5-9-21(16,12-23)20(25)26/h3-4,6,8,10,13-14,16H,5,7,9,11-12H2,1-2H3,(H,22,24)(H,25,26)/t13?,14?,16-,21+/m0/s1. The maximum Gasteiger partial charge on any atom is 0.311 e. The molecule has 1 amide bonds. The van der Waals surface area contributed by atoms with Gasteiger partial charge in [0.25, 0.3) is 0 Å². The van der Waals surface area contributed by atoms with Gasteiger partial charge >= 0.3 is 5.97 Å². The van der Waals surface area contributed by atoms with Gasteiger partial charge in [-0.1, -0.05) is 24.6 Å². The first-order chi connectivity index (χ1) is 12.9. The van der Waals surface area contributed by atoms with Gasteiger partial charge in [-0.3, -0.25) is 14.5 Å². The van der Waals surface area contributed by atoms with E-state index in [2.05, 4.69) is 5.32 Å². The van der Waals surface area contributed by atoms with Crippen molar-refractivity contribution < 1.29 is 19.1 Å². The second-order valence-electron chi connectivity index (χ2n) is 8.07. The number of likely N-dealkylation sites (tertiary alicyclic amines) is 1. The third kappa shape index (κ3) is 3.02. The van der Waals surface area contributed by atoms with Gasteiger partial charge < -0.3 is 14.8 Å². The van der Waals surface area contributed by atoms with Crippen LogP contribution >= 0.6 is 0 Å². The van der Waals surface area contributed by atoms with Gasteiger partial charge in [-0.25, -0.2) is 0 Å². The lowest BCUT2D eigenvalue weighted by molar-refractivity contribution is -0.149. The first-order valence-corrected chi connectivity index (χ1v) is 9.67. The van der Waals surface area contributed by atoms with Crippen LogP contribution in [0.15, 0.2) is 34.7 Å². The molecule has 6 nitrogen and oxygen atoms in total. The topological polar surface area (TPSA) is 82.8 Å². The normalized spacial score (nSPS) is 27.4. The Labute approximate surface area is 158 Å². The SMILES string of the molecule is CC(NC(=O)C(C)N1C[C@@H]2CCC[C@@]2(C(=O)O)C1)c1cc2ccccc2o1. The lowest BCUT2D eigenvalue weighted by Gasteiger charge is -2.27. The number of nitrogens with zero attached hydrogens (tertiary/aromatic N) is 1. The zero-order chi connectivity index (χ0) is 19.2. The number of hydrogen-bond donors (Lipinski definition) is 2. The molecule has 0 bridgehead atoms. The summed E-state index contributed by atoms with van der Waals surface area (Å²) in [5, 5.41) is 13.8. The molecular weight excluding hydrogens is 344 g/mol. The number of para-hydroxylation sites is 1. The Bertz CT molecular complexity index is 843. The Balaban J connectivity index is 1.43. The van der Waals surface area contributed by atoms with Crippen LogP contribution in [-0.4, -0.2) is 41.0 Å². The minimum absolute atomic E-state index is 0.0940. The van der Waals surface area contributed by atoms with E-state index in [1.165, 1.54) is 0 Å². The maximum absolute atomic E-state index is 12.8. The number of carboxylic acid groups (broad SMARTS) is 1. The molecule has 4 rings (SSSR count). The predicted octanol–water partition coefficient (Wildman–Crippen LogP) is 3.19. The summed E-state index contributed by atoms with van der Waals surface area (Å²) >= 11 is 0. The van der Waals surface area contributed by atoms with Crippen molar-refractivity contribution in [3.63, 3.8) is 0 Å². The van der Waals surface area contributed by atoms with Gasteiger partial charge in [0.1, 0.15) is 11.3 Å². The van der Waals surface area contributed by atoms with Gasteiger partial charge in [0.2, 0.25) is 5.91 Å². The molecule has 1 aromatic heterocycles. The molecule has 2 heterocycles. The molecule has 4 atom stereocenters. The molecule has 144 valence electrons. The number of aliphatic carboxylic acids is 1. The van der Waals surface area contributed by atoms with E-state index in [0.29, 0.717) is 19.5 Å². The van der Waals surface area contributed by atoms with E-state index in [1.54, 1.807) is 0 Å². The summed E-state index contributed by atoms with van der Waals surface area (Å²) < 4.78 is 5.84. The van der Waals surface area contributed by atoms with Crippen molar-refractivity contribution in [3.05, 3.63) is 36.1 Å². The van der Waals surface area contributed by atoms with Gasteiger partial charge in [-0.15, -0.1) is 0 Å². The first-order valence-electron chi connectivity index (χ1n) is 9.67. The molecule has 0 radical (unpaired) electrons. The minimum atomic E-state index is -0.712. The van der Waals surface area contributed by atoms with Crippen LogP contribution in [0.2, 0.25) is 0 Å². The monoisotopic (exact) mass is 370 g/mol. The predicted molar refractivity (Wildman–Crippen MR) is 101 cm³/mol. The summed E-state index contributed by atoms with van der Waals surface area (Å²) in [5.74, 6) is 0.0642. The fraction of sp³-hybridized carbons (Fsp3) is 0.524. The number of carbonyl (C=O) groups excluding carboxylic acids is 1. The third-order valence-electron chi connectivity index (χ3n) is 6.48. The van der Waals surface area contributed by atoms with Crippen molar-refractivity contribution in [2.75, 3.05) is 13.1 Å². The quantitative estimate of drug-likeness (QED) is 0.845. The van der Waals surface area contributed by atoms with Crippen LogP contribution in [0.1, 0.15) is 44.9 Å². The van der Waals surface area contributed by atoms with Gasteiger partial charge in [-0.05, 0) is 44.7 Å². The Morgan fingerprint density at radius 2 is 2.11 bits per heavy atom. The van der Waals surface area contributed by atoms with E-state index >= 15 is 0 Å². The number of furan rings is 1. The molecule has 2 aliphatic rings. The highest BCUT2D eigenvalue weighted by Gasteiger charge is 2.55. The molecule has 2 aromatic rings. The van der Waals surface area contributed by atoms with E-state index in [-0.39, 0.29) is 23.9 Å². The third-order valence-corrected chi connectivity index (χ3v) is 6.48. The second kappa shape index (κ2) is 6.68. The Morgan fingerprint density at radius 3 is 2.81 bits per heavy atom. The summed E-state index contributed by atoms with van der Waals surface area (Å²) in [6.07, 6.45) is 2.62. The fourth-order valence-corrected chi connectivity index (χ4v) is 4.76. The minimum Gasteiger partial charge on any atom is -0.481 e. The van der Waals surface area contributed by atoms with Crippen molar-refractivity contribution in [3.8, 4) is 0 Å².